The summed E-state index contributed by atoms with van der Waals surface area (Å²) in [4.78, 5) is 10.7. The summed E-state index contributed by atoms with van der Waals surface area (Å²) in [6.45, 7) is 5.07. The molecule has 0 N–H and O–H groups in total. The molecular weight excluding hydrogens is 315 g/mol. The van der Waals surface area contributed by atoms with Gasteiger partial charge >= 0.3 is 0 Å². The Morgan fingerprint density at radius 2 is 1.76 bits per heavy atom. The highest BCUT2D eigenvalue weighted by molar-refractivity contribution is 5.84. The monoisotopic (exact) mass is 342 g/mol. The van der Waals surface area contributed by atoms with Crippen molar-refractivity contribution in [3.05, 3.63) is 47.8 Å². The average molecular weight is 342 g/mol. The van der Waals surface area contributed by atoms with Crippen molar-refractivity contribution >= 4 is 11.9 Å². The van der Waals surface area contributed by atoms with Crippen LogP contribution in [0.4, 0.5) is 4.39 Å². The third-order valence-corrected chi connectivity index (χ3v) is 6.00. The predicted octanol–water partition coefficient (Wildman–Crippen LogP) is 6.02. The van der Waals surface area contributed by atoms with E-state index in [0.29, 0.717) is 23.4 Å². The molecule has 0 heterocycles. The molecule has 0 aromatic heterocycles. The van der Waals surface area contributed by atoms with Crippen LogP contribution in [0.15, 0.2) is 42.2 Å². The Balaban J connectivity index is 1.60. The van der Waals surface area contributed by atoms with Gasteiger partial charge in [-0.05, 0) is 74.1 Å². The number of benzene rings is 1. The summed E-state index contributed by atoms with van der Waals surface area (Å²) >= 11 is 0. The van der Waals surface area contributed by atoms with E-state index in [1.54, 1.807) is 6.92 Å². The number of allylic oxidation sites excluding steroid dienone is 3. The molecule has 0 radical (unpaired) electrons. The van der Waals surface area contributed by atoms with Crippen LogP contribution < -0.4 is 4.74 Å². The molecule has 0 saturated heterocycles. The number of halogens is 1. The Morgan fingerprint density at radius 1 is 1.16 bits per heavy atom. The molecular formula is C22H27FO2. The molecule has 25 heavy (non-hydrogen) atoms. The van der Waals surface area contributed by atoms with E-state index in [0.717, 1.165) is 24.2 Å². The first-order valence-electron chi connectivity index (χ1n) is 9.31. The molecule has 0 unspecified atom stereocenters. The molecule has 0 bridgehead atoms. The molecule has 2 nitrogen and oxygen atoms in total. The van der Waals surface area contributed by atoms with Crippen LogP contribution in [-0.4, -0.2) is 12.4 Å². The second-order valence-electron chi connectivity index (χ2n) is 7.63. The third-order valence-electron chi connectivity index (χ3n) is 6.00. The van der Waals surface area contributed by atoms with E-state index in [4.69, 9.17) is 4.74 Å². The van der Waals surface area contributed by atoms with Crippen molar-refractivity contribution in [2.45, 2.75) is 64.4 Å². The lowest BCUT2D eigenvalue weighted by Crippen LogP contribution is -2.30. The quantitative estimate of drug-likeness (QED) is 0.371. The molecule has 3 rings (SSSR count). The van der Waals surface area contributed by atoms with Crippen LogP contribution in [-0.2, 0) is 4.79 Å². The maximum Gasteiger partial charge on any atom is 0.152 e. The highest BCUT2D eigenvalue weighted by atomic mass is 19.1. The largest absolute Gasteiger partial charge is 0.490 e. The molecule has 3 heteroatoms. The van der Waals surface area contributed by atoms with Crippen molar-refractivity contribution in [2.24, 2.45) is 5.41 Å². The van der Waals surface area contributed by atoms with Gasteiger partial charge in [0.2, 0.25) is 0 Å². The van der Waals surface area contributed by atoms with E-state index >= 15 is 0 Å². The number of hydrogen-bond acceptors (Lipinski definition) is 2. The summed E-state index contributed by atoms with van der Waals surface area (Å²) in [5, 5.41) is 0. The average Bonchev–Trinajstić information content (AvgIpc) is 3.11. The highest BCUT2D eigenvalue weighted by Crippen LogP contribution is 2.49. The Morgan fingerprint density at radius 3 is 2.32 bits per heavy atom. The molecule has 0 amide bonds. The SMILES string of the molecule is C=C(C=O)/C(F)=C(\C)c1ccc(OC2CCC3(CCCC3)CC2)cc1. The molecule has 1 aromatic rings. The van der Waals surface area contributed by atoms with Crippen LogP contribution in [0.1, 0.15) is 63.9 Å². The van der Waals surface area contributed by atoms with Crippen molar-refractivity contribution in [2.75, 3.05) is 0 Å². The maximum atomic E-state index is 14.0. The van der Waals surface area contributed by atoms with Crippen LogP contribution in [0.3, 0.4) is 0 Å². The molecule has 134 valence electrons. The third kappa shape index (κ3) is 4.02. The summed E-state index contributed by atoms with van der Waals surface area (Å²) in [5.41, 5.74) is 1.65. The van der Waals surface area contributed by atoms with Crippen LogP contribution in [0.5, 0.6) is 5.75 Å². The van der Waals surface area contributed by atoms with E-state index in [-0.39, 0.29) is 5.57 Å². The molecule has 0 aliphatic heterocycles. The van der Waals surface area contributed by atoms with Gasteiger partial charge in [-0.25, -0.2) is 4.39 Å². The Bertz CT molecular complexity index is 656. The molecule has 1 aromatic carbocycles. The normalized spacial score (nSPS) is 21.0. The Labute approximate surface area is 149 Å². The Hall–Kier alpha value is -1.90. The van der Waals surface area contributed by atoms with Crippen LogP contribution in [0.25, 0.3) is 5.57 Å². The molecule has 0 atom stereocenters. The number of aldehydes is 1. The van der Waals surface area contributed by atoms with Gasteiger partial charge in [0.15, 0.2) is 6.29 Å². The van der Waals surface area contributed by atoms with Gasteiger partial charge in [0, 0.05) is 5.57 Å². The fraction of sp³-hybridized carbons (Fsp3) is 0.500. The van der Waals surface area contributed by atoms with E-state index < -0.39 is 5.83 Å². The fourth-order valence-electron chi connectivity index (χ4n) is 4.34. The van der Waals surface area contributed by atoms with Gasteiger partial charge in [-0.2, -0.15) is 0 Å². The summed E-state index contributed by atoms with van der Waals surface area (Å²) in [7, 11) is 0. The summed E-state index contributed by atoms with van der Waals surface area (Å²) < 4.78 is 20.2. The highest BCUT2D eigenvalue weighted by Gasteiger charge is 2.37. The molecule has 2 saturated carbocycles. The lowest BCUT2D eigenvalue weighted by atomic mass is 9.72. The fourth-order valence-corrected chi connectivity index (χ4v) is 4.34. The van der Waals surface area contributed by atoms with Crippen molar-refractivity contribution in [1.29, 1.82) is 0 Å². The van der Waals surface area contributed by atoms with Gasteiger partial charge in [-0.1, -0.05) is 31.6 Å². The molecule has 2 fully saturated rings. The van der Waals surface area contributed by atoms with Gasteiger partial charge in [-0.3, -0.25) is 4.79 Å². The number of hydrogen-bond donors (Lipinski definition) is 0. The van der Waals surface area contributed by atoms with Gasteiger partial charge in [0.1, 0.15) is 11.6 Å². The van der Waals surface area contributed by atoms with Crippen molar-refractivity contribution in [1.82, 2.24) is 0 Å². The van der Waals surface area contributed by atoms with Crippen LogP contribution in [0, 0.1) is 5.41 Å². The van der Waals surface area contributed by atoms with Crippen molar-refractivity contribution in [3.8, 4) is 5.75 Å². The standard InChI is InChI=1S/C22H27FO2/c1-16(15-24)21(23)17(2)18-5-7-19(8-6-18)25-20-9-13-22(14-10-20)11-3-4-12-22/h5-8,15,20H,1,3-4,9-14H2,2H3/b21-17-. The van der Waals surface area contributed by atoms with Gasteiger partial charge in [-0.15, -0.1) is 0 Å². The first kappa shape index (κ1) is 17.9. The Kier molecular flexibility index (Phi) is 5.41. The number of rotatable bonds is 5. The minimum absolute atomic E-state index is 0.124. The predicted molar refractivity (Wildman–Crippen MR) is 99.1 cm³/mol. The van der Waals surface area contributed by atoms with E-state index in [2.05, 4.69) is 6.58 Å². The smallest absolute Gasteiger partial charge is 0.152 e. The van der Waals surface area contributed by atoms with Gasteiger partial charge in [0.05, 0.1) is 6.10 Å². The zero-order chi connectivity index (χ0) is 17.9. The van der Waals surface area contributed by atoms with Crippen molar-refractivity contribution < 1.29 is 13.9 Å². The lowest BCUT2D eigenvalue weighted by molar-refractivity contribution is -0.104. The topological polar surface area (TPSA) is 26.3 Å². The summed E-state index contributed by atoms with van der Waals surface area (Å²) in [6.07, 6.45) is 11.2. The maximum absolute atomic E-state index is 14.0. The zero-order valence-electron chi connectivity index (χ0n) is 15.0. The van der Waals surface area contributed by atoms with Crippen LogP contribution >= 0.6 is 0 Å². The van der Waals surface area contributed by atoms with Gasteiger partial charge < -0.3 is 4.74 Å². The number of carbonyl (C=O) groups is 1. The minimum atomic E-state index is -0.558. The van der Waals surface area contributed by atoms with E-state index in [1.807, 2.05) is 24.3 Å². The second-order valence-corrected chi connectivity index (χ2v) is 7.63. The van der Waals surface area contributed by atoms with E-state index in [9.17, 15) is 9.18 Å². The molecule has 1 spiro atoms. The van der Waals surface area contributed by atoms with Crippen LogP contribution in [0.2, 0.25) is 0 Å². The first-order valence-corrected chi connectivity index (χ1v) is 9.31. The second kappa shape index (κ2) is 7.55. The first-order chi connectivity index (χ1) is 12.0. The lowest BCUT2D eigenvalue weighted by Gasteiger charge is -2.37. The minimum Gasteiger partial charge on any atom is -0.490 e. The van der Waals surface area contributed by atoms with Crippen molar-refractivity contribution in [3.63, 3.8) is 0 Å². The zero-order valence-corrected chi connectivity index (χ0v) is 15.0. The molecule has 2 aliphatic rings. The summed E-state index contributed by atoms with van der Waals surface area (Å²) in [5.74, 6) is 0.274. The number of carbonyl (C=O) groups excluding carboxylic acids is 1. The molecule has 2 aliphatic carbocycles. The van der Waals surface area contributed by atoms with E-state index in [1.165, 1.54) is 38.5 Å². The summed E-state index contributed by atoms with van der Waals surface area (Å²) in [6, 6.07) is 7.44. The van der Waals surface area contributed by atoms with Gasteiger partial charge in [0.25, 0.3) is 0 Å². The number of ether oxygens (including phenoxy) is 1.